The Morgan fingerprint density at radius 3 is 2.10 bits per heavy atom. The first kappa shape index (κ1) is 18.0. The normalized spacial score (nSPS) is 26.6. The molecule has 0 fully saturated rings. The van der Waals surface area contributed by atoms with Crippen molar-refractivity contribution in [3.05, 3.63) is 108 Å². The Bertz CT molecular complexity index is 1200. The fourth-order valence-electron chi connectivity index (χ4n) is 5.48. The third-order valence-corrected chi connectivity index (χ3v) is 10.9. The molecule has 0 spiro atoms. The highest BCUT2D eigenvalue weighted by Gasteiger charge is 2.50. The first-order chi connectivity index (χ1) is 14.6. The summed E-state index contributed by atoms with van der Waals surface area (Å²) in [5.74, 6) is 0.394. The van der Waals surface area contributed by atoms with E-state index in [0.717, 1.165) is 6.54 Å². The average Bonchev–Trinajstić information content (AvgIpc) is 3.25. The summed E-state index contributed by atoms with van der Waals surface area (Å²) in [5.41, 5.74) is 4.15. The molecule has 0 N–H and O–H groups in total. The van der Waals surface area contributed by atoms with Crippen molar-refractivity contribution in [3.63, 3.8) is 0 Å². The van der Waals surface area contributed by atoms with Crippen LogP contribution in [0.5, 0.6) is 0 Å². The second kappa shape index (κ2) is 6.33. The summed E-state index contributed by atoms with van der Waals surface area (Å²) in [5, 5.41) is 0. The molecule has 0 bridgehead atoms. The van der Waals surface area contributed by atoms with E-state index in [9.17, 15) is 0 Å². The van der Waals surface area contributed by atoms with Gasteiger partial charge in [0.05, 0.1) is 0 Å². The van der Waals surface area contributed by atoms with Crippen LogP contribution >= 0.6 is 10.0 Å². The predicted molar refractivity (Wildman–Crippen MR) is 127 cm³/mol. The van der Waals surface area contributed by atoms with E-state index in [1.807, 2.05) is 0 Å². The van der Waals surface area contributed by atoms with Gasteiger partial charge in [0.25, 0.3) is 0 Å². The van der Waals surface area contributed by atoms with E-state index < -0.39 is 10.0 Å². The first-order valence-electron chi connectivity index (χ1n) is 10.6. The van der Waals surface area contributed by atoms with Gasteiger partial charge in [0.1, 0.15) is 0 Å². The maximum atomic E-state index is 4.87. The highest BCUT2D eigenvalue weighted by atomic mass is 32.3. The Balaban J connectivity index is 1.75. The largest absolute Gasteiger partial charge is 0.293 e. The van der Waals surface area contributed by atoms with Crippen molar-refractivity contribution in [2.45, 2.75) is 28.5 Å². The van der Waals surface area contributed by atoms with Gasteiger partial charge in [-0.3, -0.25) is 4.99 Å². The molecule has 2 aliphatic heterocycles. The van der Waals surface area contributed by atoms with Crippen molar-refractivity contribution >= 4 is 21.3 Å². The third kappa shape index (κ3) is 2.23. The molecule has 2 atom stereocenters. The highest BCUT2D eigenvalue weighted by Crippen LogP contribution is 2.81. The zero-order valence-electron chi connectivity index (χ0n) is 17.4. The number of aliphatic imine (C=N–C) groups is 1. The Morgan fingerprint density at radius 1 is 0.833 bits per heavy atom. The van der Waals surface area contributed by atoms with Crippen LogP contribution in [0.3, 0.4) is 0 Å². The molecule has 1 aliphatic carbocycles. The molecule has 0 saturated heterocycles. The maximum Gasteiger partial charge on any atom is 0.0487 e. The Morgan fingerprint density at radius 2 is 1.43 bits per heavy atom. The van der Waals surface area contributed by atoms with E-state index in [1.165, 1.54) is 36.4 Å². The number of hydrogen-bond donors (Lipinski definition) is 0. The van der Waals surface area contributed by atoms with Crippen LogP contribution in [0, 0.1) is 11.3 Å². The molecule has 30 heavy (non-hydrogen) atoms. The molecule has 0 aromatic heterocycles. The number of rotatable bonds is 2. The van der Waals surface area contributed by atoms with Crippen molar-refractivity contribution < 1.29 is 0 Å². The predicted octanol–water partition coefficient (Wildman–Crippen LogP) is 7.36. The van der Waals surface area contributed by atoms with Gasteiger partial charge >= 0.3 is 0 Å². The van der Waals surface area contributed by atoms with Crippen LogP contribution in [0.4, 0.5) is 0 Å². The van der Waals surface area contributed by atoms with Gasteiger partial charge in [0.2, 0.25) is 0 Å². The van der Waals surface area contributed by atoms with Crippen LogP contribution in [-0.2, 0) is 0 Å². The summed E-state index contributed by atoms with van der Waals surface area (Å²) in [4.78, 5) is 10.7. The van der Waals surface area contributed by atoms with E-state index in [1.54, 1.807) is 0 Å². The zero-order chi connectivity index (χ0) is 20.3. The van der Waals surface area contributed by atoms with Crippen molar-refractivity contribution in [1.82, 2.24) is 0 Å². The first-order valence-corrected chi connectivity index (χ1v) is 12.3. The third-order valence-electron chi connectivity index (χ3n) is 6.92. The number of allylic oxidation sites excluding steroid dienone is 2. The Labute approximate surface area is 180 Å². The second-order valence-electron chi connectivity index (χ2n) is 8.76. The smallest absolute Gasteiger partial charge is 0.0487 e. The fraction of sp³-hybridized carbons (Fsp3) is 0.179. The minimum absolute atomic E-state index is 0.0623. The lowest BCUT2D eigenvalue weighted by atomic mass is 9.72. The molecular formula is C28H25NS. The summed E-state index contributed by atoms with van der Waals surface area (Å²) < 4.78 is 0. The van der Waals surface area contributed by atoms with Crippen LogP contribution < -0.4 is 0 Å². The van der Waals surface area contributed by atoms with Gasteiger partial charge in [-0.15, -0.1) is 10.0 Å². The van der Waals surface area contributed by atoms with Crippen molar-refractivity contribution in [1.29, 1.82) is 0 Å². The number of fused-ring (bicyclic) bond motifs is 4. The molecule has 2 heteroatoms. The second-order valence-corrected chi connectivity index (χ2v) is 11.8. The van der Waals surface area contributed by atoms with Gasteiger partial charge in [-0.1, -0.05) is 73.7 Å². The lowest BCUT2D eigenvalue weighted by molar-refractivity contribution is 0.415. The van der Waals surface area contributed by atoms with E-state index in [2.05, 4.69) is 111 Å². The fourth-order valence-corrected chi connectivity index (χ4v) is 9.89. The number of hydrogen-bond acceptors (Lipinski definition) is 1. The van der Waals surface area contributed by atoms with Crippen molar-refractivity contribution in [2.24, 2.45) is 16.3 Å². The van der Waals surface area contributed by atoms with E-state index >= 15 is 0 Å². The van der Waals surface area contributed by atoms with E-state index in [-0.39, 0.29) is 5.41 Å². The SMILES string of the molecule is CC1=NCC2(C)C=C3C(=CC12)c1ccccc1S3(c1ccccc1)c1ccccc1. The van der Waals surface area contributed by atoms with Gasteiger partial charge in [0, 0.05) is 43.2 Å². The lowest BCUT2D eigenvalue weighted by Gasteiger charge is -2.42. The van der Waals surface area contributed by atoms with Gasteiger partial charge in [-0.25, -0.2) is 0 Å². The van der Waals surface area contributed by atoms with E-state index in [4.69, 9.17) is 4.99 Å². The van der Waals surface area contributed by atoms with Crippen molar-refractivity contribution in [2.75, 3.05) is 6.54 Å². The van der Waals surface area contributed by atoms with Gasteiger partial charge in [-0.2, -0.15) is 0 Å². The molecule has 148 valence electrons. The minimum atomic E-state index is -1.53. The Hall–Kier alpha value is -2.84. The van der Waals surface area contributed by atoms with Crippen LogP contribution in [0.1, 0.15) is 19.4 Å². The van der Waals surface area contributed by atoms with Gasteiger partial charge < -0.3 is 0 Å². The molecule has 0 amide bonds. The monoisotopic (exact) mass is 407 g/mol. The molecule has 3 aliphatic rings. The maximum absolute atomic E-state index is 4.87. The zero-order valence-corrected chi connectivity index (χ0v) is 18.2. The lowest BCUT2D eigenvalue weighted by Crippen LogP contribution is -2.29. The van der Waals surface area contributed by atoms with Gasteiger partial charge in [0.15, 0.2) is 0 Å². The molecule has 3 aromatic rings. The summed E-state index contributed by atoms with van der Waals surface area (Å²) in [6, 6.07) is 31.4. The molecule has 0 saturated carbocycles. The highest BCUT2D eigenvalue weighted by molar-refractivity contribution is 8.37. The topological polar surface area (TPSA) is 12.4 Å². The van der Waals surface area contributed by atoms with E-state index in [0.29, 0.717) is 5.92 Å². The summed E-state index contributed by atoms with van der Waals surface area (Å²) >= 11 is 0. The van der Waals surface area contributed by atoms with Crippen LogP contribution in [-0.4, -0.2) is 12.3 Å². The van der Waals surface area contributed by atoms with Gasteiger partial charge in [-0.05, 0) is 48.4 Å². The number of nitrogens with zero attached hydrogens (tertiary/aromatic N) is 1. The van der Waals surface area contributed by atoms with Crippen LogP contribution in [0.15, 0.2) is 122 Å². The van der Waals surface area contributed by atoms with Crippen LogP contribution in [0.2, 0.25) is 0 Å². The van der Waals surface area contributed by atoms with Crippen LogP contribution in [0.25, 0.3) is 5.57 Å². The molecule has 3 aromatic carbocycles. The average molecular weight is 408 g/mol. The number of benzene rings is 3. The molecule has 1 nitrogen and oxygen atoms in total. The molecule has 2 unspecified atom stereocenters. The quantitative estimate of drug-likeness (QED) is 0.421. The standard InChI is InChI=1S/C28H25NS/c1-20-25-17-24-23-15-9-10-16-26(23)30(21-11-5-3-6-12-21,22-13-7-4-8-14-22)27(24)18-28(25,2)19-29-20/h3-18,25H,19H2,1-2H3. The molecule has 2 heterocycles. The summed E-state index contributed by atoms with van der Waals surface area (Å²) in [7, 11) is -1.53. The molecular weight excluding hydrogens is 382 g/mol. The summed E-state index contributed by atoms with van der Waals surface area (Å²) in [6.07, 6.45) is 5.13. The molecule has 6 rings (SSSR count). The Kier molecular flexibility index (Phi) is 3.79. The minimum Gasteiger partial charge on any atom is -0.293 e. The summed E-state index contributed by atoms with van der Waals surface area (Å²) in [6.45, 7) is 5.47. The molecule has 0 radical (unpaired) electrons. The van der Waals surface area contributed by atoms with Crippen molar-refractivity contribution in [3.8, 4) is 0 Å².